The van der Waals surface area contributed by atoms with Crippen LogP contribution >= 0.6 is 0 Å². The number of aliphatic hydroxyl groups is 2. The normalized spacial score (nSPS) is 34.0. The van der Waals surface area contributed by atoms with Crippen molar-refractivity contribution in [2.75, 3.05) is 19.0 Å². The molecule has 5 N–H and O–H groups in total. The van der Waals surface area contributed by atoms with Crippen LogP contribution < -0.4 is 11.1 Å². The van der Waals surface area contributed by atoms with Crippen LogP contribution in [-0.4, -0.2) is 57.8 Å². The molecule has 0 amide bonds. The number of methoxy groups -OCH3 is 1. The third-order valence-electron chi connectivity index (χ3n) is 3.89. The zero-order chi connectivity index (χ0) is 15.9. The van der Waals surface area contributed by atoms with E-state index in [-0.39, 0.29) is 18.6 Å². The van der Waals surface area contributed by atoms with Gasteiger partial charge in [-0.15, -0.1) is 6.58 Å². The molecule has 0 bridgehead atoms. The number of nitrogens with one attached hydrogen (secondary N) is 1. The molecule has 1 fully saturated rings. The van der Waals surface area contributed by atoms with Gasteiger partial charge in [0.05, 0.1) is 12.9 Å². The summed E-state index contributed by atoms with van der Waals surface area (Å²) in [4.78, 5) is 8.51. The number of guanidine groups is 1. The van der Waals surface area contributed by atoms with Crippen LogP contribution in [0.2, 0.25) is 0 Å². The van der Waals surface area contributed by atoms with Gasteiger partial charge in [0.15, 0.2) is 12.2 Å². The molecule has 1 unspecified atom stereocenters. The van der Waals surface area contributed by atoms with Crippen molar-refractivity contribution in [3.8, 4) is 0 Å². The second kappa shape index (κ2) is 5.69. The number of anilines is 1. The third kappa shape index (κ3) is 2.18. The zero-order valence-corrected chi connectivity index (χ0v) is 12.1. The van der Waals surface area contributed by atoms with E-state index in [4.69, 9.17) is 15.2 Å². The van der Waals surface area contributed by atoms with Gasteiger partial charge in [0, 0.05) is 7.11 Å². The van der Waals surface area contributed by atoms with Gasteiger partial charge >= 0.3 is 0 Å². The largest absolute Gasteiger partial charge is 0.394 e. The van der Waals surface area contributed by atoms with E-state index in [2.05, 4.69) is 21.9 Å². The van der Waals surface area contributed by atoms with Crippen LogP contribution in [0.25, 0.3) is 0 Å². The van der Waals surface area contributed by atoms with Gasteiger partial charge in [0.1, 0.15) is 35.9 Å². The Morgan fingerprint density at radius 1 is 1.64 bits per heavy atom. The van der Waals surface area contributed by atoms with Gasteiger partial charge in [-0.25, -0.2) is 9.98 Å². The number of ether oxygens (including phenoxy) is 2. The average molecular weight is 309 g/mol. The predicted octanol–water partition coefficient (Wildman–Crippen LogP) is -0.884. The topological polar surface area (TPSA) is 127 Å². The molecule has 1 aromatic rings. The van der Waals surface area contributed by atoms with Crippen molar-refractivity contribution in [2.24, 2.45) is 10.7 Å². The first-order valence-corrected chi connectivity index (χ1v) is 6.87. The summed E-state index contributed by atoms with van der Waals surface area (Å²) in [6, 6.07) is -0.349. The first-order valence-electron chi connectivity index (χ1n) is 6.87. The second-order valence-corrected chi connectivity index (χ2v) is 5.14. The van der Waals surface area contributed by atoms with Crippen molar-refractivity contribution in [1.29, 1.82) is 0 Å². The van der Waals surface area contributed by atoms with E-state index < -0.39 is 24.5 Å². The Bertz CT molecular complexity index is 601. The quantitative estimate of drug-likeness (QED) is 0.532. The molecule has 3 heterocycles. The monoisotopic (exact) mass is 309 g/mol. The molecule has 2 aliphatic rings. The minimum absolute atomic E-state index is 0.241. The molecule has 0 aromatic carbocycles. The Morgan fingerprint density at radius 3 is 3.05 bits per heavy atom. The summed E-state index contributed by atoms with van der Waals surface area (Å²) in [5, 5.41) is 22.4. The first kappa shape index (κ1) is 15.0. The van der Waals surface area contributed by atoms with Crippen molar-refractivity contribution >= 4 is 11.8 Å². The fraction of sp³-hybridized carbons (Fsp3) is 0.538. The fourth-order valence-electron chi connectivity index (χ4n) is 2.79. The van der Waals surface area contributed by atoms with Crippen LogP contribution in [0.3, 0.4) is 0 Å². The molecular weight excluding hydrogens is 290 g/mol. The lowest BCUT2D eigenvalue weighted by molar-refractivity contribution is -0.0591. The maximum atomic E-state index is 10.1. The molecule has 1 aromatic heterocycles. The molecule has 120 valence electrons. The summed E-state index contributed by atoms with van der Waals surface area (Å²) in [6.45, 7) is 3.42. The van der Waals surface area contributed by atoms with Crippen molar-refractivity contribution in [3.05, 3.63) is 24.7 Å². The minimum atomic E-state index is -0.942. The van der Waals surface area contributed by atoms with Crippen LogP contribution in [0.15, 0.2) is 24.0 Å². The number of aliphatic imine (C=N–C) groups is 1. The van der Waals surface area contributed by atoms with E-state index in [0.717, 1.165) is 0 Å². The predicted molar refractivity (Wildman–Crippen MR) is 78.2 cm³/mol. The number of nitrogens with zero attached hydrogens (tertiary/aromatic N) is 3. The summed E-state index contributed by atoms with van der Waals surface area (Å²) in [6.07, 6.45) is 0.252. The van der Waals surface area contributed by atoms with Crippen molar-refractivity contribution in [3.63, 3.8) is 0 Å². The van der Waals surface area contributed by atoms with Gasteiger partial charge < -0.3 is 30.7 Å². The molecule has 0 spiro atoms. The standard InChI is InChI=1S/C13H19N5O4/c1-3-6-8-11(17-13(14)16-6)18(5-15-8)12-10(21-2)9(20)7(4-19)22-12/h3,5-7,9-10,12,19-20H,1,4H2,2H3,(H3,14,16,17)/t6?,7-,9-,10-,12-/m1/s1. The van der Waals surface area contributed by atoms with E-state index in [0.29, 0.717) is 11.5 Å². The highest BCUT2D eigenvalue weighted by Crippen LogP contribution is 2.37. The average Bonchev–Trinajstić information content (AvgIpc) is 3.06. The highest BCUT2D eigenvalue weighted by molar-refractivity contribution is 5.94. The smallest absolute Gasteiger partial charge is 0.195 e. The lowest BCUT2D eigenvalue weighted by Gasteiger charge is -2.24. The number of fused-ring (bicyclic) bond motifs is 1. The van der Waals surface area contributed by atoms with E-state index in [1.165, 1.54) is 7.11 Å². The molecule has 1 saturated heterocycles. The van der Waals surface area contributed by atoms with Crippen LogP contribution in [0.5, 0.6) is 0 Å². The summed E-state index contributed by atoms with van der Waals surface area (Å²) in [5.74, 6) is 0.848. The Hall–Kier alpha value is -1.94. The molecule has 5 atom stereocenters. The Labute approximate surface area is 127 Å². The number of nitrogens with two attached hydrogens (primary N) is 1. The van der Waals surface area contributed by atoms with Crippen LogP contribution in [0.4, 0.5) is 5.82 Å². The molecule has 3 rings (SSSR count). The van der Waals surface area contributed by atoms with E-state index in [9.17, 15) is 10.2 Å². The van der Waals surface area contributed by atoms with Gasteiger partial charge in [0.2, 0.25) is 0 Å². The van der Waals surface area contributed by atoms with Gasteiger partial charge in [-0.05, 0) is 0 Å². The third-order valence-corrected chi connectivity index (χ3v) is 3.89. The SMILES string of the molecule is C=CC1N=C(N)Nc2c1ncn2[C@@H]1O[C@H](CO)[C@@H](O)[C@H]1OC. The molecule has 0 aliphatic carbocycles. The summed E-state index contributed by atoms with van der Waals surface area (Å²) >= 11 is 0. The van der Waals surface area contributed by atoms with E-state index in [1.54, 1.807) is 17.0 Å². The van der Waals surface area contributed by atoms with Gasteiger partial charge in [-0.1, -0.05) is 6.08 Å². The number of aliphatic hydroxyl groups excluding tert-OH is 2. The Kier molecular flexibility index (Phi) is 3.87. The molecule has 2 aliphatic heterocycles. The molecule has 22 heavy (non-hydrogen) atoms. The van der Waals surface area contributed by atoms with Crippen LogP contribution in [0.1, 0.15) is 18.0 Å². The molecule has 9 heteroatoms. The zero-order valence-electron chi connectivity index (χ0n) is 12.1. The molecule has 0 radical (unpaired) electrons. The first-order chi connectivity index (χ1) is 10.6. The van der Waals surface area contributed by atoms with Gasteiger partial charge in [-0.3, -0.25) is 4.57 Å². The maximum Gasteiger partial charge on any atom is 0.195 e. The van der Waals surface area contributed by atoms with Crippen LogP contribution in [0, 0.1) is 0 Å². The molecular formula is C13H19N5O4. The number of aromatic nitrogens is 2. The fourth-order valence-corrected chi connectivity index (χ4v) is 2.79. The minimum Gasteiger partial charge on any atom is -0.394 e. The molecule has 0 saturated carbocycles. The van der Waals surface area contributed by atoms with Gasteiger partial charge in [-0.2, -0.15) is 0 Å². The molecule has 9 nitrogen and oxygen atoms in total. The number of hydrogen-bond acceptors (Lipinski definition) is 8. The van der Waals surface area contributed by atoms with Crippen molar-refractivity contribution in [2.45, 2.75) is 30.6 Å². The summed E-state index contributed by atoms with van der Waals surface area (Å²) < 4.78 is 12.7. The summed E-state index contributed by atoms with van der Waals surface area (Å²) in [5.41, 5.74) is 6.44. The lowest BCUT2D eigenvalue weighted by Crippen LogP contribution is -2.35. The van der Waals surface area contributed by atoms with Crippen LogP contribution in [-0.2, 0) is 9.47 Å². The highest BCUT2D eigenvalue weighted by atomic mass is 16.6. The maximum absolute atomic E-state index is 10.1. The highest BCUT2D eigenvalue weighted by Gasteiger charge is 2.46. The number of imidazole rings is 1. The van der Waals surface area contributed by atoms with Crippen molar-refractivity contribution < 1.29 is 19.7 Å². The second-order valence-electron chi connectivity index (χ2n) is 5.14. The number of hydrogen-bond donors (Lipinski definition) is 4. The van der Waals surface area contributed by atoms with Crippen molar-refractivity contribution in [1.82, 2.24) is 9.55 Å². The lowest BCUT2D eigenvalue weighted by atomic mass is 10.1. The van der Waals surface area contributed by atoms with E-state index in [1.807, 2.05) is 0 Å². The van der Waals surface area contributed by atoms with E-state index >= 15 is 0 Å². The number of rotatable bonds is 4. The Balaban J connectivity index is 1.97. The van der Waals surface area contributed by atoms with Gasteiger partial charge in [0.25, 0.3) is 0 Å². The Morgan fingerprint density at radius 2 is 2.41 bits per heavy atom. The summed E-state index contributed by atoms with van der Waals surface area (Å²) in [7, 11) is 1.48.